The van der Waals surface area contributed by atoms with E-state index in [4.69, 9.17) is 0 Å². The number of nitrogens with zero attached hydrogens (tertiary/aromatic N) is 2. The molecule has 4 nitrogen and oxygen atoms in total. The Bertz CT molecular complexity index is 502. The van der Waals surface area contributed by atoms with Gasteiger partial charge < -0.3 is 4.90 Å². The maximum Gasteiger partial charge on any atom is 0.0976 e. The molecule has 1 unspecified atom stereocenters. The molecule has 1 fully saturated rings. The smallest absolute Gasteiger partial charge is 0.0976 e. The van der Waals surface area contributed by atoms with Crippen molar-refractivity contribution in [2.24, 2.45) is 5.92 Å². The number of hydrogen-bond acceptors (Lipinski definition) is 3. The summed E-state index contributed by atoms with van der Waals surface area (Å²) in [6.07, 6.45) is 4.13. The molecule has 1 aliphatic heterocycles. The van der Waals surface area contributed by atoms with Gasteiger partial charge in [-0.05, 0) is 78.2 Å². The molecule has 0 aromatic carbocycles. The summed E-state index contributed by atoms with van der Waals surface area (Å²) < 4.78 is 15.7. The quantitative estimate of drug-likeness (QED) is 0.927. The van der Waals surface area contributed by atoms with Crippen LogP contribution in [0.4, 0.5) is 0 Å². The first-order chi connectivity index (χ1) is 10.3. The van der Waals surface area contributed by atoms with Crippen molar-refractivity contribution in [1.82, 2.24) is 14.6 Å². The lowest BCUT2D eigenvalue weighted by Crippen LogP contribution is -2.42. The third-order valence-corrected chi connectivity index (χ3v) is 5.86. The fourth-order valence-electron chi connectivity index (χ4n) is 2.72. The van der Waals surface area contributed by atoms with Gasteiger partial charge in [0.1, 0.15) is 0 Å². The Hall–Kier alpha value is -0.780. The van der Waals surface area contributed by atoms with Gasteiger partial charge in [0.15, 0.2) is 0 Å². The third kappa shape index (κ3) is 4.61. The average Bonchev–Trinajstić information content (AvgIpc) is 2.46. The molecular weight excluding hydrogens is 294 g/mol. The van der Waals surface area contributed by atoms with Crippen molar-refractivity contribution < 1.29 is 4.21 Å². The highest BCUT2D eigenvalue weighted by Gasteiger charge is 2.31. The van der Waals surface area contributed by atoms with Crippen molar-refractivity contribution in [2.75, 3.05) is 20.1 Å². The van der Waals surface area contributed by atoms with E-state index >= 15 is 0 Å². The first-order valence-corrected chi connectivity index (χ1v) is 9.21. The zero-order valence-corrected chi connectivity index (χ0v) is 15.2. The lowest BCUT2D eigenvalue weighted by atomic mass is 9.88. The van der Waals surface area contributed by atoms with Crippen LogP contribution in [-0.4, -0.2) is 39.0 Å². The number of aromatic nitrogens is 1. The summed E-state index contributed by atoms with van der Waals surface area (Å²) in [7, 11) is 1.08. The standard InChI is InChI=1S/C17H29N3OS/c1-13-6-7-15(18-12-13)16(19-22(21)17(2,3)4)14-8-10-20(5)11-9-14/h6-7,12,14,16,19H,8-11H2,1-5H3/t16-,22?/m0/s1. The summed E-state index contributed by atoms with van der Waals surface area (Å²) in [5.41, 5.74) is 2.17. The first kappa shape index (κ1) is 17.6. The van der Waals surface area contributed by atoms with E-state index in [2.05, 4.69) is 33.8 Å². The lowest BCUT2D eigenvalue weighted by molar-refractivity contribution is 0.192. The number of nitrogens with one attached hydrogen (secondary N) is 1. The molecular formula is C17H29N3OS. The minimum Gasteiger partial charge on any atom is -0.306 e. The van der Waals surface area contributed by atoms with Gasteiger partial charge in [-0.25, -0.2) is 8.93 Å². The van der Waals surface area contributed by atoms with Crippen LogP contribution in [0, 0.1) is 12.8 Å². The molecule has 1 aromatic heterocycles. The van der Waals surface area contributed by atoms with Gasteiger partial charge in [-0.3, -0.25) is 4.98 Å². The second kappa shape index (κ2) is 7.20. The third-order valence-electron chi connectivity index (χ3n) is 4.28. The molecule has 0 saturated carbocycles. The van der Waals surface area contributed by atoms with Crippen LogP contribution in [0.15, 0.2) is 18.3 Å². The van der Waals surface area contributed by atoms with Gasteiger partial charge in [0.2, 0.25) is 0 Å². The van der Waals surface area contributed by atoms with E-state index in [1.54, 1.807) is 0 Å². The highest BCUT2D eigenvalue weighted by molar-refractivity contribution is 7.84. The molecule has 0 radical (unpaired) electrons. The topological polar surface area (TPSA) is 45.2 Å². The number of rotatable bonds is 4. The van der Waals surface area contributed by atoms with E-state index in [0.717, 1.165) is 37.2 Å². The van der Waals surface area contributed by atoms with Crippen LogP contribution in [-0.2, 0) is 11.0 Å². The Morgan fingerprint density at radius 2 is 1.95 bits per heavy atom. The average molecular weight is 324 g/mol. The van der Waals surface area contributed by atoms with E-state index in [9.17, 15) is 4.21 Å². The van der Waals surface area contributed by atoms with Gasteiger partial charge in [-0.1, -0.05) is 6.07 Å². The SMILES string of the molecule is Cc1ccc([C@@H](NS(=O)C(C)(C)C)C2CCN(C)CC2)nc1. The van der Waals surface area contributed by atoms with Crippen LogP contribution in [0.1, 0.15) is 50.9 Å². The van der Waals surface area contributed by atoms with Gasteiger partial charge in [0.05, 0.1) is 27.5 Å². The van der Waals surface area contributed by atoms with E-state index in [0.29, 0.717) is 5.92 Å². The largest absolute Gasteiger partial charge is 0.306 e. The van der Waals surface area contributed by atoms with Gasteiger partial charge in [0.25, 0.3) is 0 Å². The molecule has 5 heteroatoms. The van der Waals surface area contributed by atoms with Crippen LogP contribution in [0.25, 0.3) is 0 Å². The Labute approximate surface area is 137 Å². The van der Waals surface area contributed by atoms with Crippen LogP contribution in [0.3, 0.4) is 0 Å². The summed E-state index contributed by atoms with van der Waals surface area (Å²) in [6, 6.07) is 4.23. The van der Waals surface area contributed by atoms with Crippen molar-refractivity contribution in [2.45, 2.75) is 51.3 Å². The molecule has 2 heterocycles. The molecule has 124 valence electrons. The molecule has 1 saturated heterocycles. The maximum absolute atomic E-state index is 12.6. The Balaban J connectivity index is 2.20. The Morgan fingerprint density at radius 1 is 1.32 bits per heavy atom. The van der Waals surface area contributed by atoms with Gasteiger partial charge in [-0.2, -0.15) is 0 Å². The lowest BCUT2D eigenvalue weighted by Gasteiger charge is -2.35. The van der Waals surface area contributed by atoms with Gasteiger partial charge in [-0.15, -0.1) is 0 Å². The van der Waals surface area contributed by atoms with E-state index in [-0.39, 0.29) is 10.8 Å². The van der Waals surface area contributed by atoms with E-state index in [1.807, 2.05) is 33.9 Å². The van der Waals surface area contributed by atoms with E-state index in [1.165, 1.54) is 0 Å². The summed E-state index contributed by atoms with van der Waals surface area (Å²) in [6.45, 7) is 10.2. The number of piperidine rings is 1. The minimum absolute atomic E-state index is 0.0642. The predicted octanol–water partition coefficient (Wildman–Crippen LogP) is 2.82. The molecule has 2 rings (SSSR count). The number of aryl methyl sites for hydroxylation is 1. The molecule has 0 aliphatic carbocycles. The molecule has 22 heavy (non-hydrogen) atoms. The molecule has 1 aromatic rings. The number of hydrogen-bond donors (Lipinski definition) is 1. The van der Waals surface area contributed by atoms with Crippen LogP contribution in [0.5, 0.6) is 0 Å². The zero-order chi connectivity index (χ0) is 16.3. The molecule has 0 amide bonds. The zero-order valence-electron chi connectivity index (χ0n) is 14.4. The van der Waals surface area contributed by atoms with Crippen LogP contribution >= 0.6 is 0 Å². The number of pyridine rings is 1. The Kier molecular flexibility index (Phi) is 5.75. The van der Waals surface area contributed by atoms with E-state index < -0.39 is 11.0 Å². The summed E-state index contributed by atoms with van der Waals surface area (Å²) >= 11 is 0. The first-order valence-electron chi connectivity index (χ1n) is 8.06. The minimum atomic E-state index is -1.09. The molecule has 0 bridgehead atoms. The fourth-order valence-corrected chi connectivity index (χ4v) is 3.61. The molecule has 0 spiro atoms. The van der Waals surface area contributed by atoms with Crippen molar-refractivity contribution in [3.8, 4) is 0 Å². The summed E-state index contributed by atoms with van der Waals surface area (Å²) in [5, 5.41) is 0. The highest BCUT2D eigenvalue weighted by atomic mass is 32.2. The maximum atomic E-state index is 12.6. The summed E-state index contributed by atoms with van der Waals surface area (Å²) in [5.74, 6) is 0.484. The van der Waals surface area contributed by atoms with Crippen molar-refractivity contribution >= 4 is 11.0 Å². The van der Waals surface area contributed by atoms with Crippen molar-refractivity contribution in [1.29, 1.82) is 0 Å². The second-order valence-electron chi connectivity index (χ2n) is 7.38. The van der Waals surface area contributed by atoms with Crippen molar-refractivity contribution in [3.05, 3.63) is 29.6 Å². The van der Waals surface area contributed by atoms with Crippen molar-refractivity contribution in [3.63, 3.8) is 0 Å². The molecule has 2 atom stereocenters. The van der Waals surface area contributed by atoms with Crippen LogP contribution in [0.2, 0.25) is 0 Å². The fraction of sp³-hybridized carbons (Fsp3) is 0.706. The predicted molar refractivity (Wildman–Crippen MR) is 93.0 cm³/mol. The monoisotopic (exact) mass is 323 g/mol. The highest BCUT2D eigenvalue weighted by Crippen LogP contribution is 2.31. The number of likely N-dealkylation sites (tertiary alicyclic amines) is 1. The Morgan fingerprint density at radius 3 is 2.45 bits per heavy atom. The normalized spacial score (nSPS) is 20.8. The van der Waals surface area contributed by atoms with Gasteiger partial charge >= 0.3 is 0 Å². The molecule has 1 N–H and O–H groups in total. The van der Waals surface area contributed by atoms with Gasteiger partial charge in [0, 0.05) is 6.20 Å². The van der Waals surface area contributed by atoms with Crippen LogP contribution < -0.4 is 4.72 Å². The molecule has 1 aliphatic rings. The summed E-state index contributed by atoms with van der Waals surface area (Å²) in [4.78, 5) is 6.96. The second-order valence-corrected chi connectivity index (χ2v) is 9.38.